The van der Waals surface area contributed by atoms with Crippen molar-refractivity contribution in [1.82, 2.24) is 5.32 Å². The summed E-state index contributed by atoms with van der Waals surface area (Å²) in [4.78, 5) is 2.54. The molecule has 1 aromatic rings. The summed E-state index contributed by atoms with van der Waals surface area (Å²) in [5.74, 6) is 0. The van der Waals surface area contributed by atoms with Gasteiger partial charge in [-0.2, -0.15) is 0 Å². The number of rotatable bonds is 2. The van der Waals surface area contributed by atoms with E-state index in [-0.39, 0.29) is 0 Å². The maximum Gasteiger partial charge on any atom is 0.0943 e. The average molecular weight is 262 g/mol. The van der Waals surface area contributed by atoms with Crippen LogP contribution in [-0.2, 0) is 6.42 Å². The predicted molar refractivity (Wildman–Crippen MR) is 58.3 cm³/mol. The Labute approximate surface area is 90.1 Å². The van der Waals surface area contributed by atoms with Crippen molar-refractivity contribution in [3.05, 3.63) is 20.3 Å². The third-order valence-corrected chi connectivity index (χ3v) is 4.46. The Kier molecular flexibility index (Phi) is 2.49. The number of hydrogen-bond donors (Lipinski definition) is 2. The molecule has 2 N–H and O–H groups in total. The monoisotopic (exact) mass is 261 g/mol. The molecule has 4 heteroatoms. The van der Waals surface area contributed by atoms with Crippen LogP contribution in [0.5, 0.6) is 0 Å². The quantitative estimate of drug-likeness (QED) is 0.850. The van der Waals surface area contributed by atoms with Crippen molar-refractivity contribution in [3.63, 3.8) is 0 Å². The Hall–Kier alpha value is 0.100. The second-order valence-electron chi connectivity index (χ2n) is 3.62. The van der Waals surface area contributed by atoms with Crippen molar-refractivity contribution < 1.29 is 5.11 Å². The van der Waals surface area contributed by atoms with Crippen LogP contribution in [0.3, 0.4) is 0 Å². The summed E-state index contributed by atoms with van der Waals surface area (Å²) in [5.41, 5.74) is -0.489. The Bertz CT molecular complexity index is 300. The van der Waals surface area contributed by atoms with E-state index in [1.165, 1.54) is 9.75 Å². The minimum Gasteiger partial charge on any atom is -0.387 e. The zero-order valence-electron chi connectivity index (χ0n) is 7.43. The van der Waals surface area contributed by atoms with Crippen molar-refractivity contribution in [2.45, 2.75) is 18.9 Å². The number of nitrogens with one attached hydrogen (secondary N) is 1. The van der Waals surface area contributed by atoms with Crippen LogP contribution in [0.2, 0.25) is 0 Å². The van der Waals surface area contributed by atoms with Gasteiger partial charge in [-0.3, -0.25) is 0 Å². The standard InChI is InChI=1S/C9H12BrNOS/c1-6-8(10)2-7(13-6)3-9(12)4-11-5-9/h2,11-12H,3-5H2,1H3. The van der Waals surface area contributed by atoms with Gasteiger partial charge in [0.05, 0.1) is 5.60 Å². The summed E-state index contributed by atoms with van der Waals surface area (Å²) in [5, 5.41) is 13.0. The summed E-state index contributed by atoms with van der Waals surface area (Å²) in [6.07, 6.45) is 0.775. The highest BCUT2D eigenvalue weighted by molar-refractivity contribution is 9.10. The van der Waals surface area contributed by atoms with Crippen LogP contribution in [0.1, 0.15) is 9.75 Å². The molecule has 1 aliphatic heterocycles. The summed E-state index contributed by atoms with van der Waals surface area (Å²) in [6.45, 7) is 3.53. The molecule has 0 aliphatic carbocycles. The number of thiophene rings is 1. The van der Waals surface area contributed by atoms with Crippen molar-refractivity contribution in [1.29, 1.82) is 0 Å². The molecular formula is C9H12BrNOS. The molecular weight excluding hydrogens is 250 g/mol. The molecule has 2 heterocycles. The van der Waals surface area contributed by atoms with E-state index in [0.29, 0.717) is 0 Å². The van der Waals surface area contributed by atoms with Gasteiger partial charge < -0.3 is 10.4 Å². The fourth-order valence-electron chi connectivity index (χ4n) is 1.47. The highest BCUT2D eigenvalue weighted by Gasteiger charge is 2.34. The van der Waals surface area contributed by atoms with Crippen LogP contribution >= 0.6 is 27.3 Å². The van der Waals surface area contributed by atoms with Gasteiger partial charge in [-0.1, -0.05) is 0 Å². The van der Waals surface area contributed by atoms with Gasteiger partial charge in [-0.05, 0) is 28.9 Å². The zero-order valence-corrected chi connectivity index (χ0v) is 9.83. The van der Waals surface area contributed by atoms with E-state index in [0.717, 1.165) is 24.0 Å². The molecule has 0 spiro atoms. The van der Waals surface area contributed by atoms with E-state index < -0.39 is 5.60 Å². The second-order valence-corrected chi connectivity index (χ2v) is 5.82. The van der Waals surface area contributed by atoms with Crippen LogP contribution in [-0.4, -0.2) is 23.8 Å². The highest BCUT2D eigenvalue weighted by Crippen LogP contribution is 2.29. The lowest BCUT2D eigenvalue weighted by atomic mass is 9.92. The van der Waals surface area contributed by atoms with Crippen molar-refractivity contribution in [2.24, 2.45) is 0 Å². The maximum atomic E-state index is 9.89. The molecule has 0 amide bonds. The Morgan fingerprint density at radius 1 is 1.69 bits per heavy atom. The third kappa shape index (κ3) is 1.96. The molecule has 0 bridgehead atoms. The summed E-state index contributed by atoms with van der Waals surface area (Å²) >= 11 is 5.23. The molecule has 0 radical (unpaired) electrons. The van der Waals surface area contributed by atoms with E-state index >= 15 is 0 Å². The highest BCUT2D eigenvalue weighted by atomic mass is 79.9. The molecule has 0 aromatic carbocycles. The first-order valence-electron chi connectivity index (χ1n) is 4.27. The van der Waals surface area contributed by atoms with Crippen LogP contribution in [0.15, 0.2) is 10.5 Å². The van der Waals surface area contributed by atoms with E-state index in [2.05, 4.69) is 34.2 Å². The molecule has 72 valence electrons. The van der Waals surface area contributed by atoms with E-state index in [4.69, 9.17) is 0 Å². The number of β-amino-alcohol motifs (C(OH)–C–C–N with tert-alkyl or cyclic N) is 1. The topological polar surface area (TPSA) is 32.3 Å². The van der Waals surface area contributed by atoms with Gasteiger partial charge in [0.15, 0.2) is 0 Å². The van der Waals surface area contributed by atoms with Gasteiger partial charge in [0.1, 0.15) is 0 Å². The first-order valence-corrected chi connectivity index (χ1v) is 5.88. The van der Waals surface area contributed by atoms with E-state index in [1.807, 2.05) is 0 Å². The summed E-state index contributed by atoms with van der Waals surface area (Å²) in [7, 11) is 0. The fourth-order valence-corrected chi connectivity index (χ4v) is 3.21. The van der Waals surface area contributed by atoms with Crippen LogP contribution < -0.4 is 5.32 Å². The van der Waals surface area contributed by atoms with Gasteiger partial charge in [-0.15, -0.1) is 11.3 Å². The molecule has 1 fully saturated rings. The molecule has 1 aliphatic rings. The number of halogens is 1. The molecule has 2 rings (SSSR count). The van der Waals surface area contributed by atoms with Gasteiger partial charge >= 0.3 is 0 Å². The SMILES string of the molecule is Cc1sc(CC2(O)CNC2)cc1Br. The van der Waals surface area contributed by atoms with Crippen molar-refractivity contribution >= 4 is 27.3 Å². The number of hydrogen-bond acceptors (Lipinski definition) is 3. The molecule has 1 saturated heterocycles. The lowest BCUT2D eigenvalue weighted by Crippen LogP contribution is -2.60. The molecule has 1 aromatic heterocycles. The van der Waals surface area contributed by atoms with Gasteiger partial charge in [0.25, 0.3) is 0 Å². The smallest absolute Gasteiger partial charge is 0.0943 e. The Morgan fingerprint density at radius 3 is 2.77 bits per heavy atom. The van der Waals surface area contributed by atoms with Gasteiger partial charge in [0, 0.05) is 33.7 Å². The van der Waals surface area contributed by atoms with Crippen LogP contribution in [0, 0.1) is 6.92 Å². The third-order valence-electron chi connectivity index (χ3n) is 2.32. The van der Waals surface area contributed by atoms with E-state index in [9.17, 15) is 5.11 Å². The molecule has 0 saturated carbocycles. The fraction of sp³-hybridized carbons (Fsp3) is 0.556. The number of aliphatic hydroxyl groups is 1. The first kappa shape index (κ1) is 9.65. The predicted octanol–water partition coefficient (Wildman–Crippen LogP) is 1.70. The summed E-state index contributed by atoms with van der Waals surface area (Å²) < 4.78 is 1.16. The Morgan fingerprint density at radius 2 is 2.38 bits per heavy atom. The molecule has 0 atom stereocenters. The van der Waals surface area contributed by atoms with Crippen molar-refractivity contribution in [3.8, 4) is 0 Å². The normalized spacial score (nSPS) is 19.9. The Balaban J connectivity index is 2.09. The lowest BCUT2D eigenvalue weighted by Gasteiger charge is -2.37. The molecule has 2 nitrogen and oxygen atoms in total. The summed E-state index contributed by atoms with van der Waals surface area (Å²) in [6, 6.07) is 2.11. The minimum absolute atomic E-state index is 0.489. The second kappa shape index (κ2) is 3.35. The van der Waals surface area contributed by atoms with E-state index in [1.54, 1.807) is 11.3 Å². The minimum atomic E-state index is -0.489. The number of aryl methyl sites for hydroxylation is 1. The largest absolute Gasteiger partial charge is 0.387 e. The van der Waals surface area contributed by atoms with Crippen LogP contribution in [0.4, 0.5) is 0 Å². The molecule has 13 heavy (non-hydrogen) atoms. The van der Waals surface area contributed by atoms with Gasteiger partial charge in [-0.25, -0.2) is 0 Å². The van der Waals surface area contributed by atoms with Crippen molar-refractivity contribution in [2.75, 3.05) is 13.1 Å². The zero-order chi connectivity index (χ0) is 9.47. The molecule has 0 unspecified atom stereocenters. The average Bonchev–Trinajstić information content (AvgIpc) is 2.28. The van der Waals surface area contributed by atoms with Gasteiger partial charge in [0.2, 0.25) is 0 Å². The lowest BCUT2D eigenvalue weighted by molar-refractivity contribution is -0.00834. The maximum absolute atomic E-state index is 9.89. The van der Waals surface area contributed by atoms with Crippen LogP contribution in [0.25, 0.3) is 0 Å². The first-order chi connectivity index (χ1) is 6.09.